The summed E-state index contributed by atoms with van der Waals surface area (Å²) in [5.74, 6) is 1.13. The molecule has 0 N–H and O–H groups in total. The van der Waals surface area contributed by atoms with Crippen molar-refractivity contribution in [3.05, 3.63) is 118 Å². The molecule has 0 bridgehead atoms. The van der Waals surface area contributed by atoms with Crippen LogP contribution in [0, 0.1) is 20.3 Å². The van der Waals surface area contributed by atoms with Gasteiger partial charge in [0, 0.05) is 32.0 Å². The molecule has 0 saturated heterocycles. The van der Waals surface area contributed by atoms with E-state index in [1.54, 1.807) is 0 Å². The van der Waals surface area contributed by atoms with Gasteiger partial charge in [-0.15, -0.1) is 0 Å². The molecule has 0 spiro atoms. The quantitative estimate of drug-likeness (QED) is 0.105. The fourth-order valence-corrected chi connectivity index (χ4v) is 8.33. The molecule has 245 valence electrons. The Hall–Kier alpha value is -2.35. The summed E-state index contributed by atoms with van der Waals surface area (Å²) < 4.78 is 7.75. The van der Waals surface area contributed by atoms with Crippen molar-refractivity contribution in [2.75, 3.05) is 11.4 Å². The Morgan fingerprint density at radius 1 is 0.733 bits per heavy atom. The van der Waals surface area contributed by atoms with E-state index in [9.17, 15) is 0 Å². The second-order valence-electron chi connectivity index (χ2n) is 12.8. The standard InChI is InChI=1S/C38H47N2OP.2CH3.Ir/c1-6-8-27-38(28-9-7-2,41-42(31-21-12-10-13-22-31)32-23-14-11-15-24-32)36-39-35(37(3,4)5)29-40(36)34-26-18-20-30-19-16-17-25-33(30)34;;;/h10-26,35H,6-9,27-29H2,1-5H3;2*1H3;/q;2*-1;/p+1/t35-;;;/m0.../s1. The first kappa shape index (κ1) is 38.8. The molecule has 0 aromatic heterocycles. The molecule has 45 heavy (non-hydrogen) atoms. The Balaban J connectivity index is 0.00000235. The minimum atomic E-state index is -1.56. The number of anilines is 1. The molecule has 1 atom stereocenters. The van der Waals surface area contributed by atoms with Crippen LogP contribution in [0.15, 0.2) is 108 Å². The molecule has 4 aromatic carbocycles. The molecule has 5 rings (SSSR count). The van der Waals surface area contributed by atoms with Crippen molar-refractivity contribution in [2.45, 2.75) is 84.8 Å². The summed E-state index contributed by atoms with van der Waals surface area (Å²) in [4.78, 5) is 8.22. The maximum Gasteiger partial charge on any atom is 0.199 e. The van der Waals surface area contributed by atoms with Crippen LogP contribution in [0.2, 0.25) is 0 Å². The van der Waals surface area contributed by atoms with Gasteiger partial charge in [0.15, 0.2) is 13.7 Å². The van der Waals surface area contributed by atoms with Crippen LogP contribution in [0.25, 0.3) is 10.8 Å². The fourth-order valence-electron chi connectivity index (χ4n) is 6.08. The molecule has 0 aliphatic carbocycles. The molecule has 1 aliphatic rings. The Labute approximate surface area is 289 Å². The normalized spacial score (nSPS) is 14.8. The molecule has 1 aliphatic heterocycles. The molecular weight excluding hydrogens is 748 g/mol. The number of amidine groups is 1. The summed E-state index contributed by atoms with van der Waals surface area (Å²) in [6.45, 7) is 12.4. The summed E-state index contributed by atoms with van der Waals surface area (Å²) in [6.07, 6.45) is 6.39. The Morgan fingerprint density at radius 2 is 1.24 bits per heavy atom. The third-order valence-electron chi connectivity index (χ3n) is 8.59. The van der Waals surface area contributed by atoms with Gasteiger partial charge in [-0.05, 0) is 54.0 Å². The Morgan fingerprint density at radius 3 is 1.78 bits per heavy atom. The van der Waals surface area contributed by atoms with Gasteiger partial charge < -0.3 is 19.8 Å². The first-order valence-corrected chi connectivity index (χ1v) is 17.3. The van der Waals surface area contributed by atoms with Crippen molar-refractivity contribution >= 4 is 41.1 Å². The van der Waals surface area contributed by atoms with Crippen molar-refractivity contribution in [1.82, 2.24) is 0 Å². The fraction of sp³-hybridized carbons (Fsp3) is 0.375. The number of fused-ring (bicyclic) bond motifs is 1. The number of benzene rings is 4. The summed E-state index contributed by atoms with van der Waals surface area (Å²) in [7, 11) is -1.56. The van der Waals surface area contributed by atoms with E-state index in [0.717, 1.165) is 50.9 Å². The molecule has 0 amide bonds. The first-order chi connectivity index (χ1) is 20.4. The number of unbranched alkanes of at least 4 members (excludes halogenated alkanes) is 2. The monoisotopic (exact) mass is 802 g/mol. The number of hydrogen-bond acceptors (Lipinski definition) is 3. The molecule has 0 unspecified atom stereocenters. The second kappa shape index (κ2) is 17.5. The van der Waals surface area contributed by atoms with Crippen LogP contribution >= 0.6 is 8.15 Å². The van der Waals surface area contributed by atoms with Crippen LogP contribution in [-0.4, -0.2) is 24.0 Å². The van der Waals surface area contributed by atoms with E-state index >= 15 is 0 Å². The van der Waals surface area contributed by atoms with Gasteiger partial charge in [0.1, 0.15) is 16.4 Å². The average molecular weight is 802 g/mol. The molecular formula is C40H54IrN2OP-. The predicted octanol–water partition coefficient (Wildman–Crippen LogP) is 10.3. The van der Waals surface area contributed by atoms with Crippen molar-refractivity contribution in [3.8, 4) is 0 Å². The zero-order chi connectivity index (χ0) is 29.6. The van der Waals surface area contributed by atoms with Crippen molar-refractivity contribution in [3.63, 3.8) is 0 Å². The molecule has 5 heteroatoms. The molecule has 1 radical (unpaired) electrons. The van der Waals surface area contributed by atoms with E-state index in [-0.39, 0.29) is 46.4 Å². The average Bonchev–Trinajstić information content (AvgIpc) is 3.48. The van der Waals surface area contributed by atoms with Crippen LogP contribution in [0.1, 0.15) is 73.1 Å². The molecule has 4 aromatic rings. The molecule has 0 fully saturated rings. The number of rotatable bonds is 12. The van der Waals surface area contributed by atoms with E-state index in [1.807, 2.05) is 0 Å². The van der Waals surface area contributed by atoms with Crippen LogP contribution in [0.4, 0.5) is 5.69 Å². The van der Waals surface area contributed by atoms with E-state index in [0.29, 0.717) is 0 Å². The third kappa shape index (κ3) is 8.93. The number of aliphatic imine (C=N–C) groups is 1. The summed E-state index contributed by atoms with van der Waals surface area (Å²) >= 11 is 0. The maximum atomic E-state index is 7.75. The predicted molar refractivity (Wildman–Crippen MR) is 198 cm³/mol. The minimum Gasteiger partial charge on any atom is -0.358 e. The van der Waals surface area contributed by atoms with Gasteiger partial charge in [0.05, 0.1) is 11.7 Å². The van der Waals surface area contributed by atoms with Gasteiger partial charge in [-0.2, -0.15) is 0 Å². The smallest absolute Gasteiger partial charge is 0.199 e. The van der Waals surface area contributed by atoms with Gasteiger partial charge in [-0.25, -0.2) is 4.52 Å². The molecule has 1 heterocycles. The van der Waals surface area contributed by atoms with E-state index < -0.39 is 13.7 Å². The largest absolute Gasteiger partial charge is 0.358 e. The summed E-state index contributed by atoms with van der Waals surface area (Å²) in [5.41, 5.74) is 0.800. The van der Waals surface area contributed by atoms with Crippen LogP contribution < -0.4 is 15.5 Å². The summed E-state index contributed by atoms with van der Waals surface area (Å²) in [6, 6.07) is 37.5. The van der Waals surface area contributed by atoms with Crippen molar-refractivity contribution < 1.29 is 24.6 Å². The van der Waals surface area contributed by atoms with E-state index in [1.165, 1.54) is 27.1 Å². The zero-order valence-electron chi connectivity index (χ0n) is 28.5. The Kier molecular flexibility index (Phi) is 15.1. The van der Waals surface area contributed by atoms with Crippen LogP contribution in [0.5, 0.6) is 0 Å². The summed E-state index contributed by atoms with van der Waals surface area (Å²) in [5, 5.41) is 5.11. The number of hydrogen-bond donors (Lipinski definition) is 0. The van der Waals surface area contributed by atoms with Crippen molar-refractivity contribution in [2.24, 2.45) is 10.4 Å². The Bertz CT molecular complexity index is 1420. The minimum absolute atomic E-state index is 0. The molecule has 3 nitrogen and oxygen atoms in total. The van der Waals surface area contributed by atoms with Crippen LogP contribution in [0.3, 0.4) is 0 Å². The van der Waals surface area contributed by atoms with E-state index in [4.69, 9.17) is 9.52 Å². The van der Waals surface area contributed by atoms with Gasteiger partial charge in [-0.3, -0.25) is 4.99 Å². The van der Waals surface area contributed by atoms with Gasteiger partial charge >= 0.3 is 0 Å². The first-order valence-electron chi connectivity index (χ1n) is 15.9. The second-order valence-corrected chi connectivity index (χ2v) is 14.8. The van der Waals surface area contributed by atoms with Gasteiger partial charge in [-0.1, -0.05) is 133 Å². The van der Waals surface area contributed by atoms with Gasteiger partial charge in [0.25, 0.3) is 0 Å². The molecule has 0 saturated carbocycles. The topological polar surface area (TPSA) is 24.8 Å². The number of nitrogens with zero attached hydrogens (tertiary/aromatic N) is 2. The SMILES string of the molecule is CCCCC(CCCC)(O[PH+](c1ccccc1)c1ccccc1)C1=N[C@H](C(C)(C)C)CN1c1cccc2ccccc12.[CH3-].[CH3-].[Ir]. The van der Waals surface area contributed by atoms with Gasteiger partial charge in [0.2, 0.25) is 0 Å². The van der Waals surface area contributed by atoms with E-state index in [2.05, 4.69) is 143 Å². The zero-order valence-corrected chi connectivity index (χ0v) is 31.9. The van der Waals surface area contributed by atoms with Crippen LogP contribution in [-0.2, 0) is 24.6 Å². The van der Waals surface area contributed by atoms with Crippen molar-refractivity contribution in [1.29, 1.82) is 0 Å². The third-order valence-corrected chi connectivity index (χ3v) is 10.9. The maximum absolute atomic E-state index is 7.75.